The lowest BCUT2D eigenvalue weighted by Crippen LogP contribution is -2.40. The zero-order valence-corrected chi connectivity index (χ0v) is 16.6. The summed E-state index contributed by atoms with van der Waals surface area (Å²) >= 11 is -1.19. The van der Waals surface area contributed by atoms with Gasteiger partial charge in [0.1, 0.15) is 22.7 Å². The Morgan fingerprint density at radius 3 is 2.62 bits per heavy atom. The monoisotopic (exact) mass is 376 g/mol. The van der Waals surface area contributed by atoms with E-state index in [-0.39, 0.29) is 16.3 Å². The number of piperidine rings is 1. The molecule has 0 aromatic heterocycles. The molecule has 0 N–H and O–H groups in total. The summed E-state index contributed by atoms with van der Waals surface area (Å²) in [6.07, 6.45) is 4.68. The molecule has 142 valence electrons. The van der Waals surface area contributed by atoms with Gasteiger partial charge < -0.3 is 14.2 Å². The van der Waals surface area contributed by atoms with E-state index in [9.17, 15) is 9.35 Å². The molecule has 2 unspecified atom stereocenters. The molecule has 2 atom stereocenters. The number of rotatable bonds is 4. The van der Waals surface area contributed by atoms with Crippen molar-refractivity contribution in [2.75, 3.05) is 13.1 Å². The molecule has 2 fully saturated rings. The maximum atomic E-state index is 12.2. The maximum Gasteiger partial charge on any atom is 0.410 e. The summed E-state index contributed by atoms with van der Waals surface area (Å²) in [6.45, 7) is 7.56. The first kappa shape index (κ1) is 19.2. The number of ether oxygens (including phenoxy) is 1. The van der Waals surface area contributed by atoms with Gasteiger partial charge in [-0.2, -0.15) is 0 Å². The molecule has 1 aromatic carbocycles. The van der Waals surface area contributed by atoms with Gasteiger partial charge in [-0.15, -0.1) is 0 Å². The molecule has 1 amide bonds. The van der Waals surface area contributed by atoms with Crippen molar-refractivity contribution < 1.29 is 14.1 Å². The molecule has 1 aliphatic carbocycles. The fourth-order valence-corrected chi connectivity index (χ4v) is 3.97. The van der Waals surface area contributed by atoms with E-state index in [2.05, 4.69) is 4.40 Å². The Morgan fingerprint density at radius 1 is 1.35 bits per heavy atom. The molecule has 3 rings (SSSR count). The third-order valence-electron chi connectivity index (χ3n) is 5.34. The van der Waals surface area contributed by atoms with Gasteiger partial charge in [-0.1, -0.05) is 34.7 Å². The van der Waals surface area contributed by atoms with Gasteiger partial charge in [-0.3, -0.25) is 0 Å². The average Bonchev–Trinajstić information content (AvgIpc) is 3.30. The number of amides is 1. The number of carbonyl (C=O) groups excluding carboxylic acids is 1. The number of likely N-dealkylation sites (tertiary alicyclic amines) is 1. The molecule has 1 saturated carbocycles. The van der Waals surface area contributed by atoms with Gasteiger partial charge in [-0.05, 0) is 51.0 Å². The summed E-state index contributed by atoms with van der Waals surface area (Å²) in [5.41, 5.74) is 1.25. The van der Waals surface area contributed by atoms with Gasteiger partial charge in [0.05, 0.1) is 6.21 Å². The van der Waals surface area contributed by atoms with Gasteiger partial charge in [0.15, 0.2) is 0 Å². The van der Waals surface area contributed by atoms with Crippen LogP contribution < -0.4 is 0 Å². The van der Waals surface area contributed by atoms with Crippen LogP contribution in [0.2, 0.25) is 0 Å². The molecular weight excluding hydrogens is 348 g/mol. The minimum atomic E-state index is -1.19. The van der Waals surface area contributed by atoms with Crippen LogP contribution in [0.5, 0.6) is 0 Å². The van der Waals surface area contributed by atoms with Gasteiger partial charge >= 0.3 is 6.09 Å². The highest BCUT2D eigenvalue weighted by atomic mass is 32.2. The van der Waals surface area contributed by atoms with Crippen LogP contribution >= 0.6 is 0 Å². The van der Waals surface area contributed by atoms with Gasteiger partial charge in [0.25, 0.3) is 0 Å². The topological polar surface area (TPSA) is 65.0 Å². The Labute approximate surface area is 159 Å². The van der Waals surface area contributed by atoms with Crippen LogP contribution in [0, 0.1) is 11.3 Å². The Bertz CT molecular complexity index is 649. The van der Waals surface area contributed by atoms with E-state index in [1.165, 1.54) is 0 Å². The van der Waals surface area contributed by atoms with E-state index in [0.717, 1.165) is 37.9 Å². The van der Waals surface area contributed by atoms with E-state index in [1.807, 2.05) is 57.3 Å². The van der Waals surface area contributed by atoms with Crippen molar-refractivity contribution in [2.45, 2.75) is 51.4 Å². The molecular formula is C20H28N2O3S. The molecule has 6 heteroatoms. The summed E-state index contributed by atoms with van der Waals surface area (Å²) in [7, 11) is 0. The summed E-state index contributed by atoms with van der Waals surface area (Å²) in [4.78, 5) is 14.0. The van der Waals surface area contributed by atoms with Gasteiger partial charge in [-0.25, -0.2) is 4.79 Å². The molecule has 1 heterocycles. The average molecular weight is 377 g/mol. The van der Waals surface area contributed by atoms with Crippen molar-refractivity contribution in [3.63, 3.8) is 0 Å². The predicted molar refractivity (Wildman–Crippen MR) is 104 cm³/mol. The second-order valence-electron chi connectivity index (χ2n) is 8.32. The van der Waals surface area contributed by atoms with E-state index >= 15 is 0 Å². The molecule has 1 aromatic rings. The highest BCUT2D eigenvalue weighted by Gasteiger charge is 2.55. The third kappa shape index (κ3) is 4.60. The minimum Gasteiger partial charge on any atom is -0.591 e. The molecule has 26 heavy (non-hydrogen) atoms. The van der Waals surface area contributed by atoms with Gasteiger partial charge in [0, 0.05) is 19.0 Å². The number of hydrogen-bond acceptors (Lipinski definition) is 4. The van der Waals surface area contributed by atoms with Gasteiger partial charge in [0.2, 0.25) is 0 Å². The quantitative estimate of drug-likeness (QED) is 0.590. The number of carbonyl (C=O) groups is 1. The van der Waals surface area contributed by atoms with E-state index < -0.39 is 11.4 Å². The van der Waals surface area contributed by atoms with Crippen LogP contribution in [-0.4, -0.2) is 39.6 Å². The molecule has 1 spiro atoms. The predicted octanol–water partition coefficient (Wildman–Crippen LogP) is 3.96. The van der Waals surface area contributed by atoms with Crippen LogP contribution in [0.3, 0.4) is 0 Å². The lowest BCUT2D eigenvalue weighted by molar-refractivity contribution is 0.0791. The zero-order valence-electron chi connectivity index (χ0n) is 15.8. The van der Waals surface area contributed by atoms with Crippen molar-refractivity contribution in [1.82, 2.24) is 4.90 Å². The summed E-state index contributed by atoms with van der Waals surface area (Å²) in [5.74, 6) is 0.399. The number of hydrogen-bond donors (Lipinski definition) is 0. The first-order valence-corrected chi connectivity index (χ1v) is 10.3. The standard InChI is InChI=1S/C20H28N2O3S/c1-19(2,3)26(24)21-14-17-13-20(17)9-11-22(12-10-20)18(23)25-15-16-7-5-4-6-8-16/h4-8,14,17H,9-13,15H2,1-3H3/b21-14+. The van der Waals surface area contributed by atoms with Crippen molar-refractivity contribution in [3.05, 3.63) is 35.9 Å². The van der Waals surface area contributed by atoms with Crippen LogP contribution in [0.4, 0.5) is 4.79 Å². The largest absolute Gasteiger partial charge is 0.591 e. The number of nitrogens with zero attached hydrogens (tertiary/aromatic N) is 2. The second kappa shape index (κ2) is 7.61. The minimum absolute atomic E-state index is 0.233. The lowest BCUT2D eigenvalue weighted by atomic mass is 9.91. The Hall–Kier alpha value is -1.53. The first-order valence-electron chi connectivity index (χ1n) is 9.22. The maximum absolute atomic E-state index is 12.2. The molecule has 0 bridgehead atoms. The number of benzene rings is 1. The first-order chi connectivity index (χ1) is 12.3. The van der Waals surface area contributed by atoms with E-state index in [1.54, 1.807) is 4.90 Å². The molecule has 5 nitrogen and oxygen atoms in total. The lowest BCUT2D eigenvalue weighted by Gasteiger charge is -2.32. The molecule has 1 saturated heterocycles. The van der Waals surface area contributed by atoms with Crippen LogP contribution in [0.1, 0.15) is 45.6 Å². The highest BCUT2D eigenvalue weighted by Crippen LogP contribution is 2.58. The van der Waals surface area contributed by atoms with Crippen LogP contribution in [-0.2, 0) is 22.7 Å². The van der Waals surface area contributed by atoms with Crippen molar-refractivity contribution >= 4 is 23.7 Å². The second-order valence-corrected chi connectivity index (χ2v) is 10.3. The smallest absolute Gasteiger partial charge is 0.410 e. The third-order valence-corrected chi connectivity index (χ3v) is 6.70. The Morgan fingerprint density at radius 2 is 2.00 bits per heavy atom. The van der Waals surface area contributed by atoms with Crippen LogP contribution in [0.15, 0.2) is 34.7 Å². The zero-order chi connectivity index (χ0) is 18.8. The Kier molecular flexibility index (Phi) is 5.63. The van der Waals surface area contributed by atoms with E-state index in [4.69, 9.17) is 4.74 Å². The van der Waals surface area contributed by atoms with Crippen molar-refractivity contribution in [3.8, 4) is 0 Å². The normalized spacial score (nSPS) is 23.2. The fourth-order valence-electron chi connectivity index (χ4n) is 3.40. The summed E-state index contributed by atoms with van der Waals surface area (Å²) in [5, 5.41) is 0. The van der Waals surface area contributed by atoms with Crippen molar-refractivity contribution in [2.24, 2.45) is 15.7 Å². The molecule has 0 radical (unpaired) electrons. The summed E-state index contributed by atoms with van der Waals surface area (Å²) in [6, 6.07) is 9.73. The highest BCUT2D eigenvalue weighted by molar-refractivity contribution is 7.91. The molecule has 2 aliphatic rings. The van der Waals surface area contributed by atoms with Crippen LogP contribution in [0.25, 0.3) is 0 Å². The van der Waals surface area contributed by atoms with Crippen molar-refractivity contribution in [1.29, 1.82) is 0 Å². The Balaban J connectivity index is 1.43. The SMILES string of the molecule is CC(C)(C)[S+]([O-])/N=C/C1CC12CCN(C(=O)OCc1ccccc1)CC2. The summed E-state index contributed by atoms with van der Waals surface area (Å²) < 4.78 is 21.4. The van der Waals surface area contributed by atoms with E-state index in [0.29, 0.717) is 12.5 Å². The molecule has 1 aliphatic heterocycles. The fraction of sp³-hybridized carbons (Fsp3) is 0.600.